The molecular weight excluding hydrogens is 256 g/mol. The normalized spacial score (nSPS) is 40.0. The van der Waals surface area contributed by atoms with E-state index in [-0.39, 0.29) is 11.9 Å². The van der Waals surface area contributed by atoms with Gasteiger partial charge in [0, 0.05) is 5.41 Å². The number of hydrogen-bond acceptors (Lipinski definition) is 3. The van der Waals surface area contributed by atoms with Gasteiger partial charge in [0.15, 0.2) is 5.60 Å². The van der Waals surface area contributed by atoms with Gasteiger partial charge >= 0.3 is 5.97 Å². The highest BCUT2D eigenvalue weighted by molar-refractivity contribution is 5.96. The third kappa shape index (κ3) is 1.42. The van der Waals surface area contributed by atoms with Crippen LogP contribution in [0.4, 0.5) is 0 Å². The van der Waals surface area contributed by atoms with E-state index in [0.717, 1.165) is 32.6 Å². The average Bonchev–Trinajstić information content (AvgIpc) is 2.69. The molecule has 2 aliphatic heterocycles. The van der Waals surface area contributed by atoms with Crippen molar-refractivity contribution in [1.29, 1.82) is 0 Å². The van der Waals surface area contributed by atoms with E-state index in [1.165, 1.54) is 4.90 Å². The minimum Gasteiger partial charge on any atom is -0.448 e. The zero-order valence-electron chi connectivity index (χ0n) is 12.9. The summed E-state index contributed by atoms with van der Waals surface area (Å²) in [6.45, 7) is 9.44. The van der Waals surface area contributed by atoms with Gasteiger partial charge in [-0.2, -0.15) is 0 Å². The molecule has 1 N–H and O–H groups in total. The largest absolute Gasteiger partial charge is 0.448 e. The Balaban J connectivity index is 1.90. The molecule has 0 spiro atoms. The summed E-state index contributed by atoms with van der Waals surface area (Å²) in [5.74, 6) is -0.161. The van der Waals surface area contributed by atoms with E-state index in [2.05, 4.69) is 7.05 Å². The second-order valence-electron chi connectivity index (χ2n) is 7.42. The van der Waals surface area contributed by atoms with Crippen molar-refractivity contribution in [2.75, 3.05) is 33.2 Å². The van der Waals surface area contributed by atoms with Gasteiger partial charge in [-0.1, -0.05) is 13.8 Å². The lowest BCUT2D eigenvalue weighted by molar-refractivity contribution is -0.883. The van der Waals surface area contributed by atoms with Gasteiger partial charge in [-0.15, -0.1) is 0 Å². The summed E-state index contributed by atoms with van der Waals surface area (Å²) in [6, 6.07) is 0. The molecule has 1 amide bonds. The Kier molecular flexibility index (Phi) is 2.75. The van der Waals surface area contributed by atoms with Crippen LogP contribution in [0.15, 0.2) is 0 Å². The molecule has 0 radical (unpaired) electrons. The minimum atomic E-state index is -0.927. The van der Waals surface area contributed by atoms with E-state index >= 15 is 0 Å². The maximum absolute atomic E-state index is 13.0. The Morgan fingerprint density at radius 1 is 1.20 bits per heavy atom. The van der Waals surface area contributed by atoms with Crippen LogP contribution >= 0.6 is 0 Å². The summed E-state index contributed by atoms with van der Waals surface area (Å²) < 4.78 is 5.67. The Morgan fingerprint density at radius 3 is 2.25 bits per heavy atom. The monoisotopic (exact) mass is 281 g/mol. The number of likely N-dealkylation sites (N-methyl/N-ethyl adjacent to an activating group) is 1. The van der Waals surface area contributed by atoms with E-state index in [0.29, 0.717) is 6.42 Å². The molecule has 0 aromatic carbocycles. The summed E-state index contributed by atoms with van der Waals surface area (Å²) in [7, 11) is 2.15. The van der Waals surface area contributed by atoms with Gasteiger partial charge in [-0.25, -0.2) is 0 Å². The lowest BCUT2D eigenvalue weighted by Gasteiger charge is -2.40. The number of ether oxygens (including phenoxy) is 1. The van der Waals surface area contributed by atoms with Crippen molar-refractivity contribution in [1.82, 2.24) is 4.90 Å². The van der Waals surface area contributed by atoms with Crippen molar-refractivity contribution >= 4 is 11.9 Å². The fraction of sp³-hybridized carbons (Fsp3) is 0.867. The first-order valence-electron chi connectivity index (χ1n) is 7.59. The van der Waals surface area contributed by atoms with Crippen LogP contribution in [-0.2, 0) is 14.3 Å². The molecule has 2 atom stereocenters. The molecule has 2 heterocycles. The fourth-order valence-electron chi connectivity index (χ4n) is 4.07. The highest BCUT2D eigenvalue weighted by Gasteiger charge is 2.76. The number of hydrogen-bond donors (Lipinski definition) is 1. The first kappa shape index (κ1) is 13.9. The summed E-state index contributed by atoms with van der Waals surface area (Å²) in [5, 5.41) is 0. The van der Waals surface area contributed by atoms with Crippen molar-refractivity contribution in [2.45, 2.75) is 39.2 Å². The molecule has 5 nitrogen and oxygen atoms in total. The van der Waals surface area contributed by atoms with Crippen molar-refractivity contribution in [3.05, 3.63) is 0 Å². The highest BCUT2D eigenvalue weighted by Crippen LogP contribution is 2.65. The summed E-state index contributed by atoms with van der Waals surface area (Å²) in [5.41, 5.74) is -1.87. The predicted octanol–water partition coefficient (Wildman–Crippen LogP) is -0.535. The van der Waals surface area contributed by atoms with Crippen LogP contribution in [-0.4, -0.2) is 55.6 Å². The fourth-order valence-corrected chi connectivity index (χ4v) is 4.07. The standard InChI is InChI=1S/C15H24N2O3/c1-13(2)14(3)5-6-15(13,20-12(14)19)11(18)17-9-7-16(4)8-10-17/h5-10H2,1-4H3/p+1/t14-,15-/m0/s1. The lowest BCUT2D eigenvalue weighted by Crippen LogP contribution is -3.12. The van der Waals surface area contributed by atoms with Crippen molar-refractivity contribution < 1.29 is 19.2 Å². The summed E-state index contributed by atoms with van der Waals surface area (Å²) in [6.07, 6.45) is 1.42. The van der Waals surface area contributed by atoms with Crippen LogP contribution in [0, 0.1) is 10.8 Å². The van der Waals surface area contributed by atoms with E-state index in [4.69, 9.17) is 4.74 Å². The van der Waals surface area contributed by atoms with Crippen LogP contribution in [0.2, 0.25) is 0 Å². The molecule has 20 heavy (non-hydrogen) atoms. The third-order valence-corrected chi connectivity index (χ3v) is 6.33. The molecule has 3 rings (SSSR count). The Labute approximate surface area is 120 Å². The minimum absolute atomic E-state index is 0.0320. The Bertz CT molecular complexity index is 468. The predicted molar refractivity (Wildman–Crippen MR) is 73.1 cm³/mol. The van der Waals surface area contributed by atoms with Crippen LogP contribution in [0.5, 0.6) is 0 Å². The van der Waals surface area contributed by atoms with Gasteiger partial charge < -0.3 is 14.5 Å². The molecule has 112 valence electrons. The van der Waals surface area contributed by atoms with Crippen LogP contribution in [0.3, 0.4) is 0 Å². The number of nitrogens with one attached hydrogen (secondary N) is 1. The maximum atomic E-state index is 13.0. The number of carbonyl (C=O) groups is 2. The third-order valence-electron chi connectivity index (χ3n) is 6.33. The van der Waals surface area contributed by atoms with Gasteiger partial charge in [0.05, 0.1) is 38.6 Å². The van der Waals surface area contributed by atoms with Gasteiger partial charge in [0.2, 0.25) is 0 Å². The van der Waals surface area contributed by atoms with Crippen molar-refractivity contribution in [2.24, 2.45) is 10.8 Å². The summed E-state index contributed by atoms with van der Waals surface area (Å²) in [4.78, 5) is 28.6. The van der Waals surface area contributed by atoms with Gasteiger partial charge in [0.1, 0.15) is 0 Å². The highest BCUT2D eigenvalue weighted by atomic mass is 16.6. The van der Waals surface area contributed by atoms with Crippen LogP contribution < -0.4 is 4.90 Å². The maximum Gasteiger partial charge on any atom is 0.313 e. The molecule has 0 aromatic heterocycles. The molecular formula is C15H25N2O3+. The Hall–Kier alpha value is -1.10. The van der Waals surface area contributed by atoms with Crippen LogP contribution in [0.25, 0.3) is 0 Å². The number of rotatable bonds is 1. The molecule has 0 unspecified atom stereocenters. The topological polar surface area (TPSA) is 51.0 Å². The number of piperazine rings is 1. The zero-order valence-corrected chi connectivity index (χ0v) is 12.9. The van der Waals surface area contributed by atoms with Gasteiger partial charge in [-0.3, -0.25) is 9.59 Å². The molecule has 3 fully saturated rings. The van der Waals surface area contributed by atoms with E-state index in [1.807, 2.05) is 25.7 Å². The number of quaternary nitrogens is 1. The number of amides is 1. The van der Waals surface area contributed by atoms with Crippen molar-refractivity contribution in [3.63, 3.8) is 0 Å². The number of esters is 1. The SMILES string of the molecule is C[NH+]1CCN(C(=O)[C@]23CC[C@@](C)(C(=O)O2)C3(C)C)CC1. The quantitative estimate of drug-likeness (QED) is 0.657. The number of nitrogens with zero attached hydrogens (tertiary/aromatic N) is 1. The molecule has 0 aromatic rings. The molecule has 5 heteroatoms. The van der Waals surface area contributed by atoms with Crippen LogP contribution in [0.1, 0.15) is 33.6 Å². The molecule has 2 saturated heterocycles. The molecule has 2 bridgehead atoms. The number of carbonyl (C=O) groups excluding carboxylic acids is 2. The van der Waals surface area contributed by atoms with E-state index < -0.39 is 16.4 Å². The Morgan fingerprint density at radius 2 is 1.80 bits per heavy atom. The first-order chi connectivity index (χ1) is 9.24. The van der Waals surface area contributed by atoms with Gasteiger partial charge in [0.25, 0.3) is 5.91 Å². The smallest absolute Gasteiger partial charge is 0.313 e. The van der Waals surface area contributed by atoms with E-state index in [9.17, 15) is 9.59 Å². The first-order valence-corrected chi connectivity index (χ1v) is 7.59. The lowest BCUT2D eigenvalue weighted by atomic mass is 9.66. The molecule has 1 saturated carbocycles. The second kappa shape index (κ2) is 3.97. The molecule has 1 aliphatic carbocycles. The van der Waals surface area contributed by atoms with E-state index in [1.54, 1.807) is 0 Å². The van der Waals surface area contributed by atoms with Crippen molar-refractivity contribution in [3.8, 4) is 0 Å². The number of fused-ring (bicyclic) bond motifs is 2. The molecule has 3 aliphatic rings. The average molecular weight is 281 g/mol. The van der Waals surface area contributed by atoms with Gasteiger partial charge in [-0.05, 0) is 19.8 Å². The summed E-state index contributed by atoms with van der Waals surface area (Å²) >= 11 is 0. The second-order valence-corrected chi connectivity index (χ2v) is 7.42. The zero-order chi connectivity index (χ0) is 14.8.